The molecule has 0 fully saturated rings. The molecule has 0 saturated heterocycles. The van der Waals surface area contributed by atoms with Crippen LogP contribution in [0.1, 0.15) is 125 Å². The van der Waals surface area contributed by atoms with Crippen LogP contribution in [0.4, 0.5) is 0 Å². The van der Waals surface area contributed by atoms with E-state index in [9.17, 15) is 4.79 Å². The summed E-state index contributed by atoms with van der Waals surface area (Å²) in [5.41, 5.74) is -0.342. The third kappa shape index (κ3) is 19.5. The maximum absolute atomic E-state index is 11.6. The summed E-state index contributed by atoms with van der Waals surface area (Å²) >= 11 is 0. The highest BCUT2D eigenvalue weighted by atomic mass is 16.6. The number of hydrogen-bond donors (Lipinski definition) is 0. The molecule has 0 amide bonds. The zero-order valence-corrected chi connectivity index (χ0v) is 17.3. The molecule has 24 heavy (non-hydrogen) atoms. The quantitative estimate of drug-likeness (QED) is 0.228. The summed E-state index contributed by atoms with van der Waals surface area (Å²) < 4.78 is 5.32. The molecule has 0 atom stereocenters. The van der Waals surface area contributed by atoms with E-state index in [0.717, 1.165) is 18.8 Å². The molecule has 0 saturated carbocycles. The smallest absolute Gasteiger partial charge is 0.306 e. The summed E-state index contributed by atoms with van der Waals surface area (Å²) in [6.45, 7) is 10.4. The van der Waals surface area contributed by atoms with E-state index in [0.29, 0.717) is 6.42 Å². The fourth-order valence-electron chi connectivity index (χ4n) is 2.98. The molecule has 0 aliphatic heterocycles. The van der Waals surface area contributed by atoms with Crippen molar-refractivity contribution >= 4 is 5.97 Å². The van der Waals surface area contributed by atoms with E-state index in [4.69, 9.17) is 4.74 Å². The number of carbonyl (C=O) groups excluding carboxylic acids is 1. The van der Waals surface area contributed by atoms with E-state index in [1.54, 1.807) is 0 Å². The first-order valence-electron chi connectivity index (χ1n) is 10.5. The molecular formula is C22H44O2. The van der Waals surface area contributed by atoms with E-state index in [-0.39, 0.29) is 11.6 Å². The zero-order valence-electron chi connectivity index (χ0n) is 17.3. The number of ether oxygens (including phenoxy) is 1. The van der Waals surface area contributed by atoms with Crippen molar-refractivity contribution in [1.82, 2.24) is 0 Å². The van der Waals surface area contributed by atoms with E-state index in [2.05, 4.69) is 13.8 Å². The van der Waals surface area contributed by atoms with Crippen molar-refractivity contribution in [2.24, 2.45) is 5.92 Å². The summed E-state index contributed by atoms with van der Waals surface area (Å²) in [5, 5.41) is 0. The predicted octanol–water partition coefficient (Wildman–Crippen LogP) is 7.45. The monoisotopic (exact) mass is 340 g/mol. The number of esters is 1. The molecule has 2 nitrogen and oxygen atoms in total. The maximum atomic E-state index is 11.6. The predicted molar refractivity (Wildman–Crippen MR) is 105 cm³/mol. The van der Waals surface area contributed by atoms with E-state index >= 15 is 0 Å². The minimum atomic E-state index is -0.342. The van der Waals surface area contributed by atoms with Crippen LogP contribution in [0.5, 0.6) is 0 Å². The van der Waals surface area contributed by atoms with Crippen molar-refractivity contribution in [2.75, 3.05) is 0 Å². The Morgan fingerprint density at radius 3 is 1.46 bits per heavy atom. The summed E-state index contributed by atoms with van der Waals surface area (Å²) in [6, 6.07) is 0. The Bertz CT molecular complexity index is 289. The van der Waals surface area contributed by atoms with Crippen LogP contribution in [0.2, 0.25) is 0 Å². The number of unbranched alkanes of at least 4 members (excludes halogenated alkanes) is 11. The van der Waals surface area contributed by atoms with Gasteiger partial charge in [-0.05, 0) is 33.1 Å². The molecule has 2 heteroatoms. The van der Waals surface area contributed by atoms with Crippen LogP contribution in [-0.4, -0.2) is 11.6 Å². The first-order chi connectivity index (χ1) is 11.3. The average Bonchev–Trinajstić information content (AvgIpc) is 2.45. The molecule has 0 radical (unpaired) electrons. The molecule has 144 valence electrons. The highest BCUT2D eigenvalue weighted by Crippen LogP contribution is 2.15. The summed E-state index contributed by atoms with van der Waals surface area (Å²) in [6.07, 6.45) is 18.0. The Kier molecular flexibility index (Phi) is 14.5. The van der Waals surface area contributed by atoms with Gasteiger partial charge in [-0.15, -0.1) is 0 Å². The molecule has 0 spiro atoms. The number of carbonyl (C=O) groups is 1. The Hall–Kier alpha value is -0.530. The zero-order chi connectivity index (χ0) is 18.3. The van der Waals surface area contributed by atoms with Gasteiger partial charge >= 0.3 is 5.97 Å². The standard InChI is InChI=1S/C22H44O2/c1-20(2)18-16-14-12-10-8-6-7-9-11-13-15-17-19-21(23)24-22(3,4)5/h20H,6-19H2,1-5H3. The second-order valence-electron chi connectivity index (χ2n) is 8.76. The Balaban J connectivity index is 3.17. The molecule has 0 rings (SSSR count). The summed E-state index contributed by atoms with van der Waals surface area (Å²) in [5.74, 6) is 0.824. The van der Waals surface area contributed by atoms with Crippen LogP contribution >= 0.6 is 0 Å². The SMILES string of the molecule is CC(C)CCCCCCCCCCCCCCC(=O)OC(C)(C)C. The molecule has 0 bridgehead atoms. The lowest BCUT2D eigenvalue weighted by Gasteiger charge is -2.19. The molecule has 0 aromatic carbocycles. The van der Waals surface area contributed by atoms with Gasteiger partial charge < -0.3 is 4.74 Å². The molecule has 0 heterocycles. The van der Waals surface area contributed by atoms with Gasteiger partial charge in [0, 0.05) is 6.42 Å². The minimum Gasteiger partial charge on any atom is -0.460 e. The highest BCUT2D eigenvalue weighted by molar-refractivity contribution is 5.69. The van der Waals surface area contributed by atoms with Crippen LogP contribution < -0.4 is 0 Å². The molecule has 0 aliphatic rings. The van der Waals surface area contributed by atoms with Gasteiger partial charge in [0.25, 0.3) is 0 Å². The van der Waals surface area contributed by atoms with Crippen LogP contribution in [0.15, 0.2) is 0 Å². The van der Waals surface area contributed by atoms with E-state index < -0.39 is 0 Å². The largest absolute Gasteiger partial charge is 0.460 e. The van der Waals surface area contributed by atoms with E-state index in [1.807, 2.05) is 20.8 Å². The average molecular weight is 341 g/mol. The van der Waals surface area contributed by atoms with Crippen LogP contribution in [-0.2, 0) is 9.53 Å². The van der Waals surface area contributed by atoms with Crippen molar-refractivity contribution in [3.63, 3.8) is 0 Å². The first-order valence-corrected chi connectivity index (χ1v) is 10.5. The van der Waals surface area contributed by atoms with Gasteiger partial charge in [-0.1, -0.05) is 90.9 Å². The first kappa shape index (κ1) is 23.5. The maximum Gasteiger partial charge on any atom is 0.306 e. The third-order valence-corrected chi connectivity index (χ3v) is 4.33. The second-order valence-corrected chi connectivity index (χ2v) is 8.76. The molecule has 0 N–H and O–H groups in total. The van der Waals surface area contributed by atoms with Gasteiger partial charge in [0.2, 0.25) is 0 Å². The fourth-order valence-corrected chi connectivity index (χ4v) is 2.98. The van der Waals surface area contributed by atoms with Gasteiger partial charge in [0.05, 0.1) is 0 Å². The molecule has 0 aromatic heterocycles. The summed E-state index contributed by atoms with van der Waals surface area (Å²) in [4.78, 5) is 11.6. The van der Waals surface area contributed by atoms with Gasteiger partial charge in [0.15, 0.2) is 0 Å². The Morgan fingerprint density at radius 2 is 1.08 bits per heavy atom. The number of rotatable bonds is 15. The third-order valence-electron chi connectivity index (χ3n) is 4.33. The van der Waals surface area contributed by atoms with Crippen molar-refractivity contribution in [3.05, 3.63) is 0 Å². The highest BCUT2D eigenvalue weighted by Gasteiger charge is 2.15. The second kappa shape index (κ2) is 14.8. The van der Waals surface area contributed by atoms with Gasteiger partial charge in [-0.3, -0.25) is 4.79 Å². The topological polar surface area (TPSA) is 26.3 Å². The van der Waals surface area contributed by atoms with Crippen molar-refractivity contribution in [3.8, 4) is 0 Å². The molecule has 0 aliphatic carbocycles. The van der Waals surface area contributed by atoms with E-state index in [1.165, 1.54) is 70.6 Å². The van der Waals surface area contributed by atoms with Gasteiger partial charge in [-0.25, -0.2) is 0 Å². The Morgan fingerprint density at radius 1 is 0.708 bits per heavy atom. The van der Waals surface area contributed by atoms with Gasteiger partial charge in [-0.2, -0.15) is 0 Å². The lowest BCUT2D eigenvalue weighted by Crippen LogP contribution is -2.23. The summed E-state index contributed by atoms with van der Waals surface area (Å²) in [7, 11) is 0. The fraction of sp³-hybridized carbons (Fsp3) is 0.955. The molecule has 0 unspecified atom stereocenters. The van der Waals surface area contributed by atoms with Gasteiger partial charge in [0.1, 0.15) is 5.60 Å². The Labute approximate surface area is 152 Å². The minimum absolute atomic E-state index is 0.0455. The normalized spacial score (nSPS) is 11.9. The molecular weight excluding hydrogens is 296 g/mol. The number of hydrogen-bond acceptors (Lipinski definition) is 2. The van der Waals surface area contributed by atoms with Crippen molar-refractivity contribution < 1.29 is 9.53 Å². The van der Waals surface area contributed by atoms with Crippen LogP contribution in [0, 0.1) is 5.92 Å². The van der Waals surface area contributed by atoms with Crippen LogP contribution in [0.25, 0.3) is 0 Å². The van der Waals surface area contributed by atoms with Crippen LogP contribution in [0.3, 0.4) is 0 Å². The van der Waals surface area contributed by atoms with Crippen molar-refractivity contribution in [1.29, 1.82) is 0 Å². The lowest BCUT2D eigenvalue weighted by atomic mass is 10.0. The lowest BCUT2D eigenvalue weighted by molar-refractivity contribution is -0.154. The van der Waals surface area contributed by atoms with Crippen molar-refractivity contribution in [2.45, 2.75) is 130 Å². The molecule has 0 aromatic rings.